The number of aryl methyl sites for hydroxylation is 1. The van der Waals surface area contributed by atoms with E-state index < -0.39 is 26.1 Å². The predicted molar refractivity (Wildman–Crippen MR) is 126 cm³/mol. The van der Waals surface area contributed by atoms with E-state index in [9.17, 15) is 24.2 Å². The van der Waals surface area contributed by atoms with Gasteiger partial charge in [-0.3, -0.25) is 9.36 Å². The van der Waals surface area contributed by atoms with E-state index in [1.54, 1.807) is 6.07 Å². The van der Waals surface area contributed by atoms with Crippen molar-refractivity contribution in [1.82, 2.24) is 14.5 Å². The Morgan fingerprint density at radius 1 is 1.00 bits per heavy atom. The molecule has 0 atom stereocenters. The maximum Gasteiger partial charge on any atom is 0.310 e. The van der Waals surface area contributed by atoms with Crippen LogP contribution in [0.1, 0.15) is 25.1 Å². The van der Waals surface area contributed by atoms with E-state index in [2.05, 4.69) is 9.88 Å². The van der Waals surface area contributed by atoms with Gasteiger partial charge in [-0.15, -0.1) is 0 Å². The molecule has 0 spiro atoms. The number of likely N-dealkylation sites (tertiary alicyclic amines) is 1. The Balaban J connectivity index is 1.65. The highest BCUT2D eigenvalue weighted by molar-refractivity contribution is 8.45. The maximum absolute atomic E-state index is 13.3. The standard InChI is InChI=1S/C23H26F5N3O3S/c1-16-29-20-8-7-18(35(24,25,26,27)28)15-19(20)23(32)31(16)17-6-9-21(22(14-17)33-2)34-13-5-12-30-10-3-4-11-30/h6-9,14-15H,3-5,10-13H2,1-2H3. The lowest BCUT2D eigenvalue weighted by molar-refractivity contribution is 0.254. The Kier molecular flexibility index (Phi) is 6.03. The molecule has 3 aromatic rings. The molecule has 1 aliphatic heterocycles. The first-order chi connectivity index (χ1) is 16.3. The van der Waals surface area contributed by atoms with Crippen LogP contribution in [0.25, 0.3) is 16.6 Å². The van der Waals surface area contributed by atoms with Gasteiger partial charge in [-0.05, 0) is 69.6 Å². The molecule has 6 nitrogen and oxygen atoms in total. The summed E-state index contributed by atoms with van der Waals surface area (Å²) in [4.78, 5) is 17.5. The molecule has 2 aromatic carbocycles. The van der Waals surface area contributed by atoms with Crippen LogP contribution in [0.15, 0.2) is 46.1 Å². The Labute approximate surface area is 199 Å². The minimum absolute atomic E-state index is 0.112. The van der Waals surface area contributed by atoms with Gasteiger partial charge in [-0.25, -0.2) is 4.98 Å². The molecule has 35 heavy (non-hydrogen) atoms. The van der Waals surface area contributed by atoms with Gasteiger partial charge >= 0.3 is 10.2 Å². The largest absolute Gasteiger partial charge is 0.493 e. The molecule has 0 saturated carbocycles. The van der Waals surface area contributed by atoms with E-state index in [0.29, 0.717) is 18.1 Å². The molecule has 1 aliphatic rings. The molecule has 2 heterocycles. The number of hydrogen-bond acceptors (Lipinski definition) is 5. The summed E-state index contributed by atoms with van der Waals surface area (Å²) in [5.41, 5.74) is -0.766. The van der Waals surface area contributed by atoms with Crippen molar-refractivity contribution >= 4 is 21.1 Å². The molecule has 0 N–H and O–H groups in total. The molecule has 0 aliphatic carbocycles. The summed E-state index contributed by atoms with van der Waals surface area (Å²) in [6.45, 7) is 5.07. The molecular formula is C23H26F5N3O3S. The summed E-state index contributed by atoms with van der Waals surface area (Å²) < 4.78 is 78.8. The SMILES string of the molecule is COc1cc(-n2c(C)nc3ccc(S(F)(F)(F)(F)F)cc3c2=O)ccc1OCCCN1CCCC1. The zero-order valence-electron chi connectivity index (χ0n) is 19.3. The van der Waals surface area contributed by atoms with Gasteiger partial charge in [0.25, 0.3) is 5.56 Å². The summed E-state index contributed by atoms with van der Waals surface area (Å²) in [6, 6.07) is 5.81. The highest BCUT2D eigenvalue weighted by Gasteiger charge is 2.65. The quantitative estimate of drug-likeness (QED) is 0.261. The molecule has 0 bridgehead atoms. The number of methoxy groups -OCH3 is 1. The molecule has 0 radical (unpaired) electrons. The lowest BCUT2D eigenvalue weighted by Crippen LogP contribution is -2.23. The summed E-state index contributed by atoms with van der Waals surface area (Å²) in [5.74, 6) is 0.931. The molecule has 4 rings (SSSR count). The van der Waals surface area contributed by atoms with Crippen LogP contribution in [0.3, 0.4) is 0 Å². The fourth-order valence-corrected chi connectivity index (χ4v) is 4.88. The van der Waals surface area contributed by atoms with E-state index in [1.807, 2.05) is 0 Å². The first kappa shape index (κ1) is 25.2. The first-order valence-electron chi connectivity index (χ1n) is 11.1. The number of ether oxygens (including phenoxy) is 2. The zero-order valence-corrected chi connectivity index (χ0v) is 20.1. The van der Waals surface area contributed by atoms with E-state index in [4.69, 9.17) is 9.47 Å². The lowest BCUT2D eigenvalue weighted by atomic mass is 10.2. The van der Waals surface area contributed by atoms with Crippen molar-refractivity contribution in [2.24, 2.45) is 0 Å². The maximum atomic E-state index is 13.3. The number of nitrogens with zero attached hydrogens (tertiary/aromatic N) is 3. The minimum Gasteiger partial charge on any atom is -0.493 e. The molecule has 12 heteroatoms. The van der Waals surface area contributed by atoms with Gasteiger partial charge in [0.1, 0.15) is 10.7 Å². The van der Waals surface area contributed by atoms with Gasteiger partial charge < -0.3 is 14.4 Å². The van der Waals surface area contributed by atoms with Crippen molar-refractivity contribution in [2.45, 2.75) is 31.1 Å². The van der Waals surface area contributed by atoms with Crippen molar-refractivity contribution in [3.63, 3.8) is 0 Å². The van der Waals surface area contributed by atoms with Crippen LogP contribution >= 0.6 is 10.2 Å². The van der Waals surface area contributed by atoms with Gasteiger partial charge in [-0.2, -0.15) is 0 Å². The van der Waals surface area contributed by atoms with Crippen molar-refractivity contribution in [2.75, 3.05) is 33.4 Å². The fraction of sp³-hybridized carbons (Fsp3) is 0.391. The van der Waals surface area contributed by atoms with Crippen LogP contribution < -0.4 is 15.0 Å². The van der Waals surface area contributed by atoms with Crippen LogP contribution in [-0.4, -0.2) is 47.8 Å². The topological polar surface area (TPSA) is 56.6 Å². The Bertz CT molecular complexity index is 1320. The average molecular weight is 520 g/mol. The number of aromatic nitrogens is 2. The van der Waals surface area contributed by atoms with Crippen LogP contribution in [0.4, 0.5) is 19.4 Å². The summed E-state index contributed by atoms with van der Waals surface area (Å²) in [5, 5.41) is -0.567. The number of hydrogen-bond donors (Lipinski definition) is 0. The molecule has 1 saturated heterocycles. The van der Waals surface area contributed by atoms with E-state index >= 15 is 0 Å². The zero-order chi connectivity index (χ0) is 25.5. The number of rotatable bonds is 8. The summed E-state index contributed by atoms with van der Waals surface area (Å²) >= 11 is 0. The first-order valence-corrected chi connectivity index (χ1v) is 13.0. The van der Waals surface area contributed by atoms with Gasteiger partial charge in [0.15, 0.2) is 11.5 Å². The monoisotopic (exact) mass is 519 g/mol. The molecule has 0 amide bonds. The number of benzene rings is 2. The van der Waals surface area contributed by atoms with E-state index in [0.717, 1.165) is 36.7 Å². The van der Waals surface area contributed by atoms with Crippen molar-refractivity contribution in [1.29, 1.82) is 0 Å². The van der Waals surface area contributed by atoms with Crippen molar-refractivity contribution in [3.8, 4) is 17.2 Å². The molecule has 1 aromatic heterocycles. The summed E-state index contributed by atoms with van der Waals surface area (Å²) in [7, 11) is -8.54. The lowest BCUT2D eigenvalue weighted by Gasteiger charge is -2.40. The van der Waals surface area contributed by atoms with Crippen LogP contribution in [-0.2, 0) is 0 Å². The average Bonchev–Trinajstić information content (AvgIpc) is 3.29. The second kappa shape index (κ2) is 8.37. The number of halogens is 5. The van der Waals surface area contributed by atoms with Crippen LogP contribution in [0.2, 0.25) is 0 Å². The van der Waals surface area contributed by atoms with Gasteiger partial charge in [0, 0.05) is 12.6 Å². The van der Waals surface area contributed by atoms with Gasteiger partial charge in [0.2, 0.25) is 0 Å². The Hall–Kier alpha value is -2.86. The third-order valence-corrected chi connectivity index (χ3v) is 7.08. The smallest absolute Gasteiger partial charge is 0.310 e. The van der Waals surface area contributed by atoms with Crippen LogP contribution in [0, 0.1) is 6.92 Å². The molecule has 192 valence electrons. The minimum atomic E-state index is -9.97. The van der Waals surface area contributed by atoms with E-state index in [1.165, 1.54) is 39.0 Å². The summed E-state index contributed by atoms with van der Waals surface area (Å²) in [6.07, 6.45) is 3.24. The van der Waals surface area contributed by atoms with E-state index in [-0.39, 0.29) is 29.2 Å². The highest BCUT2D eigenvalue weighted by Crippen LogP contribution is 3.02. The Morgan fingerprint density at radius 3 is 2.37 bits per heavy atom. The third-order valence-electron chi connectivity index (χ3n) is 5.93. The second-order valence-corrected chi connectivity index (χ2v) is 10.9. The molecule has 0 unspecified atom stereocenters. The second-order valence-electron chi connectivity index (χ2n) is 8.53. The molecular weight excluding hydrogens is 493 g/mol. The Morgan fingerprint density at radius 2 is 1.71 bits per heavy atom. The predicted octanol–water partition coefficient (Wildman–Crippen LogP) is 6.22. The molecule has 1 fully saturated rings. The van der Waals surface area contributed by atoms with Crippen molar-refractivity contribution < 1.29 is 28.9 Å². The highest BCUT2D eigenvalue weighted by atomic mass is 32.5. The van der Waals surface area contributed by atoms with Gasteiger partial charge in [0.05, 0.1) is 30.3 Å². The van der Waals surface area contributed by atoms with Crippen molar-refractivity contribution in [3.05, 3.63) is 52.6 Å². The normalized spacial score (nSPS) is 16.8. The third kappa shape index (κ3) is 5.53. The van der Waals surface area contributed by atoms with Crippen LogP contribution in [0.5, 0.6) is 11.5 Å². The fourth-order valence-electron chi connectivity index (χ4n) is 4.21. The van der Waals surface area contributed by atoms with Gasteiger partial charge in [-0.1, -0.05) is 19.4 Å². The number of fused-ring (bicyclic) bond motifs is 1.